The fraction of sp³-hybridized carbons (Fsp3) is 0.269. The SMILES string of the molecule is Cc1ccc(OCCNC(=O)c2ccc(CN(c3ccc(Cl)cc3C)S(C)(=O)=O)cc2)c(C)c1. The van der Waals surface area contributed by atoms with Crippen molar-refractivity contribution < 1.29 is 17.9 Å². The highest BCUT2D eigenvalue weighted by atomic mass is 35.5. The molecule has 0 fully saturated rings. The van der Waals surface area contributed by atoms with Gasteiger partial charge in [-0.05, 0) is 73.9 Å². The predicted molar refractivity (Wildman–Crippen MR) is 137 cm³/mol. The Kier molecular flexibility index (Phi) is 8.23. The van der Waals surface area contributed by atoms with Crippen molar-refractivity contribution in [3.05, 3.63) is 93.5 Å². The number of hydrogen-bond donors (Lipinski definition) is 1. The van der Waals surface area contributed by atoms with Crippen LogP contribution >= 0.6 is 11.6 Å². The zero-order valence-corrected chi connectivity index (χ0v) is 21.3. The summed E-state index contributed by atoms with van der Waals surface area (Å²) in [6.45, 7) is 6.70. The number of aryl methyl sites for hydroxylation is 3. The predicted octanol–water partition coefficient (Wildman–Crippen LogP) is 5.04. The Labute approximate surface area is 206 Å². The van der Waals surface area contributed by atoms with Crippen molar-refractivity contribution in [2.24, 2.45) is 0 Å². The Bertz CT molecular complexity index is 1270. The van der Waals surface area contributed by atoms with Gasteiger partial charge in [-0.15, -0.1) is 0 Å². The number of hydrogen-bond acceptors (Lipinski definition) is 4. The van der Waals surface area contributed by atoms with E-state index in [2.05, 4.69) is 11.4 Å². The van der Waals surface area contributed by atoms with Gasteiger partial charge in [0.15, 0.2) is 0 Å². The molecule has 1 N–H and O–H groups in total. The number of carbonyl (C=O) groups excluding carboxylic acids is 1. The van der Waals surface area contributed by atoms with Gasteiger partial charge in [0.25, 0.3) is 5.91 Å². The largest absolute Gasteiger partial charge is 0.491 e. The van der Waals surface area contributed by atoms with E-state index in [1.165, 1.54) is 16.1 Å². The molecule has 0 aliphatic carbocycles. The Hall–Kier alpha value is -3.03. The number of rotatable bonds is 9. The first-order valence-electron chi connectivity index (χ1n) is 10.9. The van der Waals surface area contributed by atoms with Crippen LogP contribution in [0.4, 0.5) is 5.69 Å². The highest BCUT2D eigenvalue weighted by Gasteiger charge is 2.20. The fourth-order valence-electron chi connectivity index (χ4n) is 3.60. The normalized spacial score (nSPS) is 11.2. The molecule has 0 unspecified atom stereocenters. The molecule has 0 saturated heterocycles. The highest BCUT2D eigenvalue weighted by Crippen LogP contribution is 2.27. The molecule has 0 spiro atoms. The van der Waals surface area contributed by atoms with Gasteiger partial charge in [0.2, 0.25) is 10.0 Å². The minimum Gasteiger partial charge on any atom is -0.491 e. The lowest BCUT2D eigenvalue weighted by Gasteiger charge is -2.24. The summed E-state index contributed by atoms with van der Waals surface area (Å²) < 4.78 is 32.0. The van der Waals surface area contributed by atoms with Crippen LogP contribution in [0.5, 0.6) is 5.75 Å². The molecule has 0 heterocycles. The van der Waals surface area contributed by atoms with E-state index in [1.807, 2.05) is 32.9 Å². The summed E-state index contributed by atoms with van der Waals surface area (Å²) in [5.41, 5.74) is 4.80. The quantitative estimate of drug-likeness (QED) is 0.417. The van der Waals surface area contributed by atoms with E-state index in [0.29, 0.717) is 29.4 Å². The molecule has 3 aromatic carbocycles. The molecular weight excluding hydrogens is 472 g/mol. The third-order valence-corrected chi connectivity index (χ3v) is 6.71. The van der Waals surface area contributed by atoms with Crippen LogP contribution in [0, 0.1) is 20.8 Å². The first-order chi connectivity index (χ1) is 16.0. The van der Waals surface area contributed by atoms with Crippen LogP contribution in [0.15, 0.2) is 60.7 Å². The van der Waals surface area contributed by atoms with E-state index < -0.39 is 10.0 Å². The first-order valence-corrected chi connectivity index (χ1v) is 13.1. The minimum atomic E-state index is -3.52. The average molecular weight is 501 g/mol. The zero-order chi connectivity index (χ0) is 24.9. The molecule has 1 amide bonds. The first kappa shape index (κ1) is 25.6. The molecule has 180 valence electrons. The van der Waals surface area contributed by atoms with Crippen LogP contribution in [0.2, 0.25) is 5.02 Å². The molecule has 3 rings (SSSR count). The van der Waals surface area contributed by atoms with Crippen molar-refractivity contribution in [2.75, 3.05) is 23.7 Å². The summed E-state index contributed by atoms with van der Waals surface area (Å²) in [7, 11) is -3.52. The van der Waals surface area contributed by atoms with Crippen LogP contribution in [0.3, 0.4) is 0 Å². The van der Waals surface area contributed by atoms with Crippen molar-refractivity contribution in [1.29, 1.82) is 0 Å². The van der Waals surface area contributed by atoms with Crippen LogP contribution in [0.25, 0.3) is 0 Å². The average Bonchev–Trinajstić information content (AvgIpc) is 2.76. The monoisotopic (exact) mass is 500 g/mol. The summed E-state index contributed by atoms with van der Waals surface area (Å²) >= 11 is 6.02. The molecule has 0 aliphatic rings. The molecule has 34 heavy (non-hydrogen) atoms. The summed E-state index contributed by atoms with van der Waals surface area (Å²) in [5, 5.41) is 3.39. The lowest BCUT2D eigenvalue weighted by Crippen LogP contribution is -2.30. The van der Waals surface area contributed by atoms with Crippen molar-refractivity contribution in [3.63, 3.8) is 0 Å². The molecule has 0 aromatic heterocycles. The molecule has 0 aliphatic heterocycles. The summed E-state index contributed by atoms with van der Waals surface area (Å²) in [4.78, 5) is 12.5. The summed E-state index contributed by atoms with van der Waals surface area (Å²) in [6, 6.07) is 17.9. The molecule has 0 radical (unpaired) electrons. The number of carbonyl (C=O) groups is 1. The molecule has 0 bridgehead atoms. The number of nitrogens with zero attached hydrogens (tertiary/aromatic N) is 1. The van der Waals surface area contributed by atoms with Gasteiger partial charge in [-0.2, -0.15) is 0 Å². The highest BCUT2D eigenvalue weighted by molar-refractivity contribution is 7.92. The van der Waals surface area contributed by atoms with Gasteiger partial charge in [-0.3, -0.25) is 9.10 Å². The summed E-state index contributed by atoms with van der Waals surface area (Å²) in [5.74, 6) is 0.583. The Morgan fingerprint density at radius 2 is 1.68 bits per heavy atom. The van der Waals surface area contributed by atoms with Gasteiger partial charge >= 0.3 is 0 Å². The smallest absolute Gasteiger partial charge is 0.251 e. The molecule has 0 saturated carbocycles. The van der Waals surface area contributed by atoms with Crippen molar-refractivity contribution in [1.82, 2.24) is 5.32 Å². The number of sulfonamides is 1. The lowest BCUT2D eigenvalue weighted by atomic mass is 10.1. The number of nitrogens with one attached hydrogen (secondary N) is 1. The van der Waals surface area contributed by atoms with Crippen molar-refractivity contribution in [3.8, 4) is 5.75 Å². The van der Waals surface area contributed by atoms with E-state index in [1.54, 1.807) is 42.5 Å². The van der Waals surface area contributed by atoms with Crippen molar-refractivity contribution >= 4 is 33.2 Å². The Morgan fingerprint density at radius 1 is 0.971 bits per heavy atom. The van der Waals surface area contributed by atoms with E-state index >= 15 is 0 Å². The van der Waals surface area contributed by atoms with Gasteiger partial charge in [0.1, 0.15) is 12.4 Å². The molecule has 8 heteroatoms. The van der Waals surface area contributed by atoms with Crippen molar-refractivity contribution in [2.45, 2.75) is 27.3 Å². The number of halogens is 1. The van der Waals surface area contributed by atoms with Gasteiger partial charge in [-0.1, -0.05) is 41.4 Å². The number of ether oxygens (including phenoxy) is 1. The fourth-order valence-corrected chi connectivity index (χ4v) is 4.77. The Morgan fingerprint density at radius 3 is 2.29 bits per heavy atom. The van der Waals surface area contributed by atoms with E-state index in [4.69, 9.17) is 16.3 Å². The standard InChI is InChI=1S/C26H29ClN2O4S/c1-18-5-12-25(20(3)15-18)33-14-13-28-26(30)22-8-6-21(7-9-22)17-29(34(4,31)32)24-11-10-23(27)16-19(24)2/h5-12,15-16H,13-14,17H2,1-4H3,(H,28,30). The maximum atomic E-state index is 12.5. The van der Waals surface area contributed by atoms with E-state index in [9.17, 15) is 13.2 Å². The summed E-state index contributed by atoms with van der Waals surface area (Å²) in [6.07, 6.45) is 1.17. The second-order valence-electron chi connectivity index (χ2n) is 8.27. The molecule has 0 atom stereocenters. The maximum Gasteiger partial charge on any atom is 0.251 e. The van der Waals surface area contributed by atoms with Gasteiger partial charge in [0.05, 0.1) is 25.0 Å². The maximum absolute atomic E-state index is 12.5. The minimum absolute atomic E-state index is 0.146. The van der Waals surface area contributed by atoms with E-state index in [0.717, 1.165) is 22.4 Å². The van der Waals surface area contributed by atoms with Crippen LogP contribution in [0.1, 0.15) is 32.6 Å². The van der Waals surface area contributed by atoms with Crippen LogP contribution < -0.4 is 14.4 Å². The van der Waals surface area contributed by atoms with Crippen LogP contribution in [-0.2, 0) is 16.6 Å². The zero-order valence-electron chi connectivity index (χ0n) is 19.8. The third-order valence-electron chi connectivity index (χ3n) is 5.35. The Balaban J connectivity index is 1.60. The van der Waals surface area contributed by atoms with Gasteiger partial charge in [0, 0.05) is 10.6 Å². The van der Waals surface area contributed by atoms with E-state index in [-0.39, 0.29) is 12.5 Å². The molecule has 6 nitrogen and oxygen atoms in total. The molecule has 3 aromatic rings. The second-order valence-corrected chi connectivity index (χ2v) is 10.6. The third kappa shape index (κ3) is 6.74. The van der Waals surface area contributed by atoms with Gasteiger partial charge < -0.3 is 10.1 Å². The number of anilines is 1. The van der Waals surface area contributed by atoms with Crippen LogP contribution in [-0.4, -0.2) is 33.7 Å². The molecular formula is C26H29ClN2O4S. The lowest BCUT2D eigenvalue weighted by molar-refractivity contribution is 0.0947. The number of benzene rings is 3. The number of amides is 1. The second kappa shape index (κ2) is 10.9. The van der Waals surface area contributed by atoms with Gasteiger partial charge in [-0.25, -0.2) is 8.42 Å². The topological polar surface area (TPSA) is 75.7 Å².